The van der Waals surface area contributed by atoms with Gasteiger partial charge in [0.15, 0.2) is 5.65 Å². The van der Waals surface area contributed by atoms with E-state index in [4.69, 9.17) is 9.97 Å². The average molecular weight is 406 g/mol. The van der Waals surface area contributed by atoms with Crippen molar-refractivity contribution in [3.8, 4) is 22.3 Å². The molecule has 1 aliphatic heterocycles. The SMILES string of the molecule is c1ccc2c(-c3cnn4cc(-c5ccc(C6CCNCC6)nc5)cnc34)ccnc2c1. The van der Waals surface area contributed by atoms with Gasteiger partial charge in [-0.15, -0.1) is 0 Å². The Morgan fingerprint density at radius 3 is 2.55 bits per heavy atom. The van der Waals surface area contributed by atoms with Crippen LogP contribution >= 0.6 is 0 Å². The van der Waals surface area contributed by atoms with Crippen molar-refractivity contribution in [2.75, 3.05) is 13.1 Å². The van der Waals surface area contributed by atoms with E-state index in [-0.39, 0.29) is 0 Å². The fourth-order valence-corrected chi connectivity index (χ4v) is 4.48. The molecule has 1 fully saturated rings. The fourth-order valence-electron chi connectivity index (χ4n) is 4.48. The van der Waals surface area contributed by atoms with Gasteiger partial charge >= 0.3 is 0 Å². The smallest absolute Gasteiger partial charge is 0.162 e. The average Bonchev–Trinajstić information content (AvgIpc) is 3.27. The van der Waals surface area contributed by atoms with Crippen LogP contribution in [-0.4, -0.2) is 37.7 Å². The molecule has 0 atom stereocenters. The van der Waals surface area contributed by atoms with Crippen LogP contribution in [0.3, 0.4) is 0 Å². The van der Waals surface area contributed by atoms with Crippen LogP contribution in [0.5, 0.6) is 0 Å². The molecule has 4 aromatic heterocycles. The Hall–Kier alpha value is -3.64. The van der Waals surface area contributed by atoms with E-state index in [9.17, 15) is 0 Å². The van der Waals surface area contributed by atoms with Gasteiger partial charge in [-0.3, -0.25) is 9.97 Å². The second-order valence-electron chi connectivity index (χ2n) is 8.04. The summed E-state index contributed by atoms with van der Waals surface area (Å²) in [7, 11) is 0. The van der Waals surface area contributed by atoms with E-state index in [1.54, 1.807) is 0 Å². The molecule has 0 radical (unpaired) electrons. The Morgan fingerprint density at radius 2 is 1.68 bits per heavy atom. The third-order valence-electron chi connectivity index (χ3n) is 6.17. The molecule has 5 aromatic rings. The molecular formula is C25H22N6. The van der Waals surface area contributed by atoms with Gasteiger partial charge < -0.3 is 5.32 Å². The molecule has 0 unspecified atom stereocenters. The minimum absolute atomic E-state index is 0.555. The first-order valence-corrected chi connectivity index (χ1v) is 10.7. The summed E-state index contributed by atoms with van der Waals surface area (Å²) in [5.41, 5.74) is 7.14. The number of nitrogens with one attached hydrogen (secondary N) is 1. The molecule has 0 aliphatic carbocycles. The number of benzene rings is 1. The molecule has 31 heavy (non-hydrogen) atoms. The molecule has 0 amide bonds. The minimum Gasteiger partial charge on any atom is -0.317 e. The van der Waals surface area contributed by atoms with Gasteiger partial charge in [0.2, 0.25) is 0 Å². The highest BCUT2D eigenvalue weighted by atomic mass is 15.2. The maximum atomic E-state index is 4.76. The molecule has 1 saturated heterocycles. The normalized spacial score (nSPS) is 15.0. The molecule has 5 heterocycles. The van der Waals surface area contributed by atoms with Crippen LogP contribution in [0.25, 0.3) is 38.8 Å². The summed E-state index contributed by atoms with van der Waals surface area (Å²) in [6.45, 7) is 2.15. The Morgan fingerprint density at radius 1 is 0.806 bits per heavy atom. The van der Waals surface area contributed by atoms with E-state index in [1.807, 2.05) is 59.8 Å². The van der Waals surface area contributed by atoms with E-state index in [2.05, 4.69) is 33.6 Å². The van der Waals surface area contributed by atoms with E-state index < -0.39 is 0 Å². The Kier molecular flexibility index (Phi) is 4.43. The van der Waals surface area contributed by atoms with Gasteiger partial charge in [-0.2, -0.15) is 5.10 Å². The number of rotatable bonds is 3. The van der Waals surface area contributed by atoms with Gasteiger partial charge in [-0.1, -0.05) is 24.3 Å². The third-order valence-corrected chi connectivity index (χ3v) is 6.17. The topological polar surface area (TPSA) is 68.0 Å². The predicted molar refractivity (Wildman–Crippen MR) is 122 cm³/mol. The van der Waals surface area contributed by atoms with Crippen molar-refractivity contribution >= 4 is 16.6 Å². The molecule has 6 nitrogen and oxygen atoms in total. The molecular weight excluding hydrogens is 384 g/mol. The summed E-state index contributed by atoms with van der Waals surface area (Å²) in [5, 5.41) is 9.10. The highest BCUT2D eigenvalue weighted by Gasteiger charge is 2.17. The quantitative estimate of drug-likeness (QED) is 0.479. The molecule has 0 saturated carbocycles. The van der Waals surface area contributed by atoms with E-state index >= 15 is 0 Å². The maximum Gasteiger partial charge on any atom is 0.162 e. The van der Waals surface area contributed by atoms with Crippen LogP contribution in [-0.2, 0) is 0 Å². The summed E-state index contributed by atoms with van der Waals surface area (Å²) in [6, 6.07) is 14.5. The Labute approximate surface area is 180 Å². The minimum atomic E-state index is 0.555. The predicted octanol–water partition coefficient (Wildman–Crippen LogP) is 4.47. The number of hydrogen-bond donors (Lipinski definition) is 1. The van der Waals surface area contributed by atoms with E-state index in [1.165, 1.54) is 5.69 Å². The van der Waals surface area contributed by atoms with Crippen LogP contribution in [0, 0.1) is 0 Å². The molecule has 1 N–H and O–H groups in total. The second kappa shape index (κ2) is 7.56. The van der Waals surface area contributed by atoms with Crippen LogP contribution < -0.4 is 5.32 Å². The van der Waals surface area contributed by atoms with Gasteiger partial charge in [0.05, 0.1) is 11.7 Å². The maximum absolute atomic E-state index is 4.76. The van der Waals surface area contributed by atoms with Gasteiger partial charge in [0, 0.05) is 58.5 Å². The molecule has 6 heteroatoms. The Bertz CT molecular complexity index is 1360. The molecule has 0 spiro atoms. The molecule has 1 aliphatic rings. The van der Waals surface area contributed by atoms with Crippen molar-refractivity contribution in [2.45, 2.75) is 18.8 Å². The lowest BCUT2D eigenvalue weighted by atomic mass is 9.94. The summed E-state index contributed by atoms with van der Waals surface area (Å²) in [6.07, 6.45) is 11.9. The summed E-state index contributed by atoms with van der Waals surface area (Å²) < 4.78 is 1.85. The number of piperidine rings is 1. The van der Waals surface area contributed by atoms with Crippen LogP contribution in [0.2, 0.25) is 0 Å². The summed E-state index contributed by atoms with van der Waals surface area (Å²) >= 11 is 0. The molecule has 6 rings (SSSR count). The van der Waals surface area contributed by atoms with Crippen molar-refractivity contribution in [3.63, 3.8) is 0 Å². The number of fused-ring (bicyclic) bond motifs is 2. The second-order valence-corrected chi connectivity index (χ2v) is 8.04. The molecule has 152 valence electrons. The Balaban J connectivity index is 1.36. The van der Waals surface area contributed by atoms with Crippen LogP contribution in [0.4, 0.5) is 0 Å². The summed E-state index contributed by atoms with van der Waals surface area (Å²) in [4.78, 5) is 14.0. The highest BCUT2D eigenvalue weighted by Crippen LogP contribution is 2.31. The largest absolute Gasteiger partial charge is 0.317 e. The third kappa shape index (κ3) is 3.25. The van der Waals surface area contributed by atoms with Crippen LogP contribution in [0.15, 0.2) is 73.4 Å². The standard InChI is InChI=1S/C25H22N6/c1-2-4-24-21(3-1)20(9-12-27-24)22-15-30-31-16-19(14-29-25(22)31)18-5-6-23(28-13-18)17-7-10-26-11-8-17/h1-6,9,12-17,26H,7-8,10-11H2. The van der Waals surface area contributed by atoms with E-state index in [0.717, 1.165) is 64.7 Å². The van der Waals surface area contributed by atoms with Gasteiger partial charge in [-0.25, -0.2) is 9.50 Å². The van der Waals surface area contributed by atoms with Crippen molar-refractivity contribution in [1.82, 2.24) is 29.9 Å². The zero-order chi connectivity index (χ0) is 20.6. The molecule has 0 bridgehead atoms. The van der Waals surface area contributed by atoms with E-state index in [0.29, 0.717) is 5.92 Å². The number of hydrogen-bond acceptors (Lipinski definition) is 5. The highest BCUT2D eigenvalue weighted by molar-refractivity contribution is 5.97. The lowest BCUT2D eigenvalue weighted by Gasteiger charge is -2.22. The summed E-state index contributed by atoms with van der Waals surface area (Å²) in [5.74, 6) is 0.555. The number of nitrogens with zero attached hydrogens (tertiary/aromatic N) is 5. The van der Waals surface area contributed by atoms with Gasteiger partial charge in [0.25, 0.3) is 0 Å². The first kappa shape index (κ1) is 18.2. The fraction of sp³-hybridized carbons (Fsp3) is 0.200. The van der Waals surface area contributed by atoms with Crippen molar-refractivity contribution in [1.29, 1.82) is 0 Å². The van der Waals surface area contributed by atoms with Crippen molar-refractivity contribution in [2.24, 2.45) is 0 Å². The van der Waals surface area contributed by atoms with Crippen LogP contribution in [0.1, 0.15) is 24.5 Å². The first-order valence-electron chi connectivity index (χ1n) is 10.7. The number of para-hydroxylation sites is 1. The number of pyridine rings is 2. The molecule has 1 aromatic carbocycles. The number of aromatic nitrogens is 5. The first-order chi connectivity index (χ1) is 15.4. The van der Waals surface area contributed by atoms with Gasteiger partial charge in [-0.05, 0) is 49.7 Å². The van der Waals surface area contributed by atoms with Gasteiger partial charge in [0.1, 0.15) is 0 Å². The van der Waals surface area contributed by atoms with Crippen molar-refractivity contribution < 1.29 is 0 Å². The zero-order valence-electron chi connectivity index (χ0n) is 17.1. The van der Waals surface area contributed by atoms with Crippen molar-refractivity contribution in [3.05, 3.63) is 79.1 Å². The lowest BCUT2D eigenvalue weighted by molar-refractivity contribution is 0.453. The lowest BCUT2D eigenvalue weighted by Crippen LogP contribution is -2.26. The zero-order valence-corrected chi connectivity index (χ0v) is 17.1. The monoisotopic (exact) mass is 406 g/mol.